The Hall–Kier alpha value is -2.61. The Morgan fingerprint density at radius 2 is 2.26 bits per heavy atom. The Kier molecular flexibility index (Phi) is 4.98. The van der Waals surface area contributed by atoms with E-state index in [1.165, 1.54) is 0 Å². The highest BCUT2D eigenvalue weighted by molar-refractivity contribution is 6.08. The van der Waals surface area contributed by atoms with E-state index in [1.54, 1.807) is 13.1 Å². The van der Waals surface area contributed by atoms with E-state index in [0.29, 0.717) is 35.3 Å². The number of nitrogens with zero attached hydrogens (tertiary/aromatic N) is 2. The number of nitrogens with one attached hydrogen (secondary N) is 3. The fraction of sp³-hybridized carbons (Fsp3) is 0.474. The van der Waals surface area contributed by atoms with Crippen molar-refractivity contribution < 1.29 is 13.9 Å². The van der Waals surface area contributed by atoms with Gasteiger partial charge in [0.2, 0.25) is 12.8 Å². The zero-order chi connectivity index (χ0) is 18.8. The van der Waals surface area contributed by atoms with Crippen molar-refractivity contribution >= 4 is 23.1 Å². The number of ether oxygens (including phenoxy) is 2. The summed E-state index contributed by atoms with van der Waals surface area (Å²) in [5.41, 5.74) is 1.72. The summed E-state index contributed by atoms with van der Waals surface area (Å²) >= 11 is 0. The molecule has 1 aromatic carbocycles. The van der Waals surface area contributed by atoms with Crippen molar-refractivity contribution in [1.82, 2.24) is 10.6 Å². The van der Waals surface area contributed by atoms with Gasteiger partial charge < -0.3 is 25.4 Å². The lowest BCUT2D eigenvalue weighted by molar-refractivity contribution is 0.173. The van der Waals surface area contributed by atoms with Crippen LogP contribution in [0.3, 0.4) is 0 Å². The van der Waals surface area contributed by atoms with Crippen LogP contribution in [0.25, 0.3) is 5.57 Å². The molecule has 0 bridgehead atoms. The van der Waals surface area contributed by atoms with E-state index in [4.69, 9.17) is 9.47 Å². The van der Waals surface area contributed by atoms with Crippen LogP contribution in [-0.2, 0) is 0 Å². The molecule has 0 radical (unpaired) electrons. The quantitative estimate of drug-likeness (QED) is 0.742. The van der Waals surface area contributed by atoms with Gasteiger partial charge in [-0.1, -0.05) is 6.08 Å². The zero-order valence-corrected chi connectivity index (χ0v) is 15.6. The number of fused-ring (bicyclic) bond motifs is 1. The van der Waals surface area contributed by atoms with Crippen LogP contribution < -0.4 is 25.4 Å². The summed E-state index contributed by atoms with van der Waals surface area (Å²) in [6.07, 6.45) is 4.49. The number of halogens is 1. The van der Waals surface area contributed by atoms with Gasteiger partial charge >= 0.3 is 0 Å². The van der Waals surface area contributed by atoms with Crippen LogP contribution in [0.15, 0.2) is 22.1 Å². The predicted octanol–water partition coefficient (Wildman–Crippen LogP) is 2.50. The van der Waals surface area contributed by atoms with Crippen LogP contribution in [-0.4, -0.2) is 44.8 Å². The molecule has 144 valence electrons. The molecule has 0 amide bonds. The van der Waals surface area contributed by atoms with Gasteiger partial charge in [0.15, 0.2) is 17.3 Å². The van der Waals surface area contributed by atoms with Gasteiger partial charge in [-0.2, -0.15) is 0 Å². The molecule has 0 saturated carbocycles. The van der Waals surface area contributed by atoms with Crippen molar-refractivity contribution in [2.24, 2.45) is 9.98 Å². The molecule has 1 unspecified atom stereocenters. The number of allylic oxidation sites excluding steroid dienone is 1. The van der Waals surface area contributed by atoms with Crippen LogP contribution in [0, 0.1) is 5.82 Å². The Labute approximate surface area is 157 Å². The number of amidine groups is 1. The number of anilines is 1. The Bertz CT molecular complexity index is 834. The molecule has 8 heteroatoms. The molecule has 0 aliphatic carbocycles. The monoisotopic (exact) mass is 373 g/mol. The molecule has 0 spiro atoms. The van der Waals surface area contributed by atoms with Gasteiger partial charge in [-0.3, -0.25) is 4.99 Å². The Morgan fingerprint density at radius 1 is 1.37 bits per heavy atom. The van der Waals surface area contributed by atoms with Gasteiger partial charge in [0.25, 0.3) is 0 Å². The molecule has 0 saturated heterocycles. The third-order valence-electron chi connectivity index (χ3n) is 4.84. The zero-order valence-electron chi connectivity index (χ0n) is 15.6. The normalized spacial score (nSPS) is 23.4. The van der Waals surface area contributed by atoms with Crippen molar-refractivity contribution in [3.63, 3.8) is 0 Å². The van der Waals surface area contributed by atoms with Crippen molar-refractivity contribution in [2.75, 3.05) is 32.2 Å². The topological polar surface area (TPSA) is 79.3 Å². The van der Waals surface area contributed by atoms with E-state index in [1.807, 2.05) is 13.0 Å². The largest absolute Gasteiger partial charge is 0.453 e. The molecule has 1 aromatic rings. The van der Waals surface area contributed by atoms with Gasteiger partial charge in [-0.05, 0) is 31.9 Å². The highest BCUT2D eigenvalue weighted by atomic mass is 19.1. The van der Waals surface area contributed by atoms with E-state index in [2.05, 4.69) is 25.9 Å². The van der Waals surface area contributed by atoms with Crippen molar-refractivity contribution in [2.45, 2.75) is 32.2 Å². The molecular formula is C19H24FN5O2. The molecule has 0 fully saturated rings. The lowest BCUT2D eigenvalue weighted by Gasteiger charge is -2.22. The van der Waals surface area contributed by atoms with Gasteiger partial charge in [0, 0.05) is 26.1 Å². The van der Waals surface area contributed by atoms with Gasteiger partial charge in [-0.25, -0.2) is 9.38 Å². The maximum Gasteiger partial charge on any atom is 0.231 e. The first kappa shape index (κ1) is 17.8. The molecule has 7 nitrogen and oxygen atoms in total. The number of guanidine groups is 1. The average Bonchev–Trinajstić information content (AvgIpc) is 2.95. The molecule has 1 atom stereocenters. The number of rotatable bonds is 2. The fourth-order valence-electron chi connectivity index (χ4n) is 3.53. The summed E-state index contributed by atoms with van der Waals surface area (Å²) in [6.45, 7) is 3.72. The first-order valence-corrected chi connectivity index (χ1v) is 9.25. The average molecular weight is 373 g/mol. The molecule has 3 heterocycles. The summed E-state index contributed by atoms with van der Waals surface area (Å²) in [6, 6.07) is 1.70. The summed E-state index contributed by atoms with van der Waals surface area (Å²) in [7, 11) is 1.73. The van der Waals surface area contributed by atoms with Gasteiger partial charge in [0.05, 0.1) is 17.3 Å². The molecule has 4 rings (SSSR count). The van der Waals surface area contributed by atoms with Crippen LogP contribution in [0.5, 0.6) is 11.5 Å². The SMILES string of the molecule is CN=C1CC(C)N=C(Nc2cc3c(c(C4=CCNCCC4)c2F)OCO3)N1. The highest BCUT2D eigenvalue weighted by Crippen LogP contribution is 2.45. The Balaban J connectivity index is 1.72. The van der Waals surface area contributed by atoms with E-state index < -0.39 is 0 Å². The number of benzene rings is 1. The minimum absolute atomic E-state index is 0.0691. The van der Waals surface area contributed by atoms with E-state index in [0.717, 1.165) is 37.2 Å². The van der Waals surface area contributed by atoms with E-state index in [9.17, 15) is 0 Å². The first-order chi connectivity index (χ1) is 13.2. The van der Waals surface area contributed by atoms with Crippen LogP contribution in [0.4, 0.5) is 10.1 Å². The van der Waals surface area contributed by atoms with Crippen molar-refractivity contribution in [3.8, 4) is 11.5 Å². The predicted molar refractivity (Wildman–Crippen MR) is 104 cm³/mol. The van der Waals surface area contributed by atoms with E-state index >= 15 is 4.39 Å². The van der Waals surface area contributed by atoms with Crippen molar-refractivity contribution in [1.29, 1.82) is 0 Å². The second-order valence-electron chi connectivity index (χ2n) is 6.84. The molecule has 3 aliphatic heterocycles. The molecular weight excluding hydrogens is 349 g/mol. The van der Waals surface area contributed by atoms with Gasteiger partial charge in [-0.15, -0.1) is 0 Å². The standard InChI is InChI=1S/C19H24FN5O2/c1-11-8-15(21-2)25-19(23-11)24-13-9-14-18(27-10-26-14)16(17(13)20)12-4-3-6-22-7-5-12/h5,9,11,22H,3-4,6-8,10H2,1-2H3,(H2,21,23,24,25). The summed E-state index contributed by atoms with van der Waals surface area (Å²) in [4.78, 5) is 8.72. The number of aliphatic imine (C=N–C) groups is 2. The molecule has 27 heavy (non-hydrogen) atoms. The van der Waals surface area contributed by atoms with Crippen molar-refractivity contribution in [3.05, 3.63) is 23.5 Å². The van der Waals surface area contributed by atoms with Gasteiger partial charge in [0.1, 0.15) is 5.84 Å². The summed E-state index contributed by atoms with van der Waals surface area (Å²) < 4.78 is 26.6. The smallest absolute Gasteiger partial charge is 0.231 e. The maximum absolute atomic E-state index is 15.5. The first-order valence-electron chi connectivity index (χ1n) is 9.25. The van der Waals surface area contributed by atoms with E-state index in [-0.39, 0.29) is 18.7 Å². The molecule has 3 N–H and O–H groups in total. The third-order valence-corrected chi connectivity index (χ3v) is 4.84. The third kappa shape index (κ3) is 3.62. The second-order valence-corrected chi connectivity index (χ2v) is 6.84. The minimum atomic E-state index is -0.356. The summed E-state index contributed by atoms with van der Waals surface area (Å²) in [5.74, 6) is 1.97. The highest BCUT2D eigenvalue weighted by Gasteiger charge is 2.28. The number of hydrogen-bond donors (Lipinski definition) is 3. The minimum Gasteiger partial charge on any atom is -0.453 e. The maximum atomic E-state index is 15.5. The van der Waals surface area contributed by atoms with Crippen LogP contribution in [0.2, 0.25) is 0 Å². The molecule has 3 aliphatic rings. The van der Waals surface area contributed by atoms with Crippen LogP contribution in [0.1, 0.15) is 31.7 Å². The summed E-state index contributed by atoms with van der Waals surface area (Å²) in [5, 5.41) is 9.49. The fourth-order valence-corrected chi connectivity index (χ4v) is 3.53. The Morgan fingerprint density at radius 3 is 3.11 bits per heavy atom. The lowest BCUT2D eigenvalue weighted by Crippen LogP contribution is -2.42. The second kappa shape index (κ2) is 7.56. The lowest BCUT2D eigenvalue weighted by atomic mass is 9.98. The molecule has 0 aromatic heterocycles. The van der Waals surface area contributed by atoms with Crippen LogP contribution >= 0.6 is 0 Å². The number of hydrogen-bond acceptors (Lipinski definition) is 6.